The number of rotatable bonds is 0. The predicted molar refractivity (Wildman–Crippen MR) is 26.0 cm³/mol. The first kappa shape index (κ1) is 6.63. The van der Waals surface area contributed by atoms with Crippen LogP contribution in [0.5, 0.6) is 0 Å². The van der Waals surface area contributed by atoms with E-state index < -0.39 is 0 Å². The van der Waals surface area contributed by atoms with Crippen LogP contribution in [-0.2, 0) is 0 Å². The van der Waals surface area contributed by atoms with Gasteiger partial charge in [-0.15, -0.1) is 4.79 Å². The summed E-state index contributed by atoms with van der Waals surface area (Å²) in [4.78, 5) is 0.889. The summed E-state index contributed by atoms with van der Waals surface area (Å²) < 4.78 is 0. The Bertz CT molecular complexity index is 141. The molecule has 1 heterocycles. The molecule has 0 aliphatic rings. The highest BCUT2D eigenvalue weighted by molar-refractivity contribution is 5.09. The Morgan fingerprint density at radius 3 is 2.25 bits per heavy atom. The van der Waals surface area contributed by atoms with E-state index in [0.717, 1.165) is 4.79 Å². The first-order valence-corrected chi connectivity index (χ1v) is 1.59. The fourth-order valence-corrected chi connectivity index (χ4v) is 0.201. The second kappa shape index (κ2) is 2.07. The third kappa shape index (κ3) is 0.819. The number of nitrogen functional groups attached to an aromatic ring is 2. The highest BCUT2D eigenvalue weighted by Crippen LogP contribution is 1.78. The number of hydrogen-bond acceptors (Lipinski definition) is 5. The number of tetrazole rings is 1. The van der Waals surface area contributed by atoms with Gasteiger partial charge in [-0.1, -0.05) is 5.10 Å². The van der Waals surface area contributed by atoms with Gasteiger partial charge < -0.3 is 17.1 Å². The highest BCUT2D eigenvalue weighted by Gasteiger charge is 1.89. The van der Waals surface area contributed by atoms with E-state index in [1.54, 1.807) is 0 Å². The molecule has 0 radical (unpaired) electrons. The van der Waals surface area contributed by atoms with Gasteiger partial charge in [0.1, 0.15) is 0 Å². The third-order valence-electron chi connectivity index (χ3n) is 0.518. The fourth-order valence-electron chi connectivity index (χ4n) is 0.201. The summed E-state index contributed by atoms with van der Waals surface area (Å²) in [6.07, 6.45) is 0. The summed E-state index contributed by atoms with van der Waals surface area (Å²) in [6.45, 7) is 0. The number of hydrogen-bond donors (Lipinski definition) is 2. The van der Waals surface area contributed by atoms with Gasteiger partial charge in [-0.3, -0.25) is 0 Å². The number of nitrogens with zero attached hydrogens (tertiary/aromatic N) is 4. The van der Waals surface area contributed by atoms with Crippen molar-refractivity contribution in [1.29, 1.82) is 0 Å². The zero-order valence-corrected chi connectivity index (χ0v) is 3.94. The maximum atomic E-state index is 5.04. The molecule has 8 heavy (non-hydrogen) atoms. The van der Waals surface area contributed by atoms with Crippen LogP contribution in [0.15, 0.2) is 0 Å². The summed E-state index contributed by atoms with van der Waals surface area (Å²) in [5, 5.41) is 9.63. The number of nitrogens with two attached hydrogens (primary N) is 2. The van der Waals surface area contributed by atoms with Crippen LogP contribution in [-0.4, -0.2) is 25.8 Å². The SMILES string of the molecule is Nc1nnnn1N.O. The molecule has 0 atom stereocenters. The molecule has 0 amide bonds. The van der Waals surface area contributed by atoms with Crippen molar-refractivity contribution in [2.24, 2.45) is 0 Å². The molecule has 0 aliphatic carbocycles. The molecule has 46 valence electrons. The van der Waals surface area contributed by atoms with Gasteiger partial charge in [0.2, 0.25) is 0 Å². The van der Waals surface area contributed by atoms with E-state index >= 15 is 0 Å². The van der Waals surface area contributed by atoms with Crippen LogP contribution in [0.25, 0.3) is 0 Å². The first-order chi connectivity index (χ1) is 3.30. The Hall–Kier alpha value is -1.37. The van der Waals surface area contributed by atoms with E-state index in [4.69, 9.17) is 11.6 Å². The van der Waals surface area contributed by atoms with Gasteiger partial charge in [-0.2, -0.15) is 0 Å². The Morgan fingerprint density at radius 1 is 1.50 bits per heavy atom. The van der Waals surface area contributed by atoms with E-state index in [2.05, 4.69) is 15.5 Å². The molecular weight excluding hydrogens is 112 g/mol. The summed E-state index contributed by atoms with van der Waals surface area (Å²) in [5.41, 5.74) is 5.04. The zero-order valence-electron chi connectivity index (χ0n) is 3.94. The van der Waals surface area contributed by atoms with E-state index in [0.29, 0.717) is 0 Å². The van der Waals surface area contributed by atoms with Crippen LogP contribution in [0.2, 0.25) is 0 Å². The normalized spacial score (nSPS) is 8.00. The lowest BCUT2D eigenvalue weighted by atomic mass is 11.1. The maximum Gasteiger partial charge on any atom is 0.260 e. The van der Waals surface area contributed by atoms with Crippen molar-refractivity contribution in [3.05, 3.63) is 0 Å². The lowest BCUT2D eigenvalue weighted by Crippen LogP contribution is -2.13. The molecule has 7 heteroatoms. The molecule has 0 unspecified atom stereocenters. The largest absolute Gasteiger partial charge is 0.412 e. The Morgan fingerprint density at radius 2 is 2.12 bits per heavy atom. The molecule has 1 rings (SSSR count). The molecule has 6 N–H and O–H groups in total. The monoisotopic (exact) mass is 118 g/mol. The van der Waals surface area contributed by atoms with Crippen LogP contribution in [0.3, 0.4) is 0 Å². The van der Waals surface area contributed by atoms with Crippen molar-refractivity contribution in [2.45, 2.75) is 0 Å². The van der Waals surface area contributed by atoms with Crippen molar-refractivity contribution in [3.8, 4) is 0 Å². The van der Waals surface area contributed by atoms with Crippen LogP contribution in [0.4, 0.5) is 5.95 Å². The highest BCUT2D eigenvalue weighted by atomic mass is 16.0. The van der Waals surface area contributed by atoms with Gasteiger partial charge >= 0.3 is 0 Å². The van der Waals surface area contributed by atoms with E-state index in [-0.39, 0.29) is 11.4 Å². The Balaban J connectivity index is 0.000000490. The molecule has 1 aromatic heterocycles. The van der Waals surface area contributed by atoms with Crippen molar-refractivity contribution < 1.29 is 5.48 Å². The summed E-state index contributed by atoms with van der Waals surface area (Å²) >= 11 is 0. The second-order valence-corrected chi connectivity index (χ2v) is 0.982. The molecular formula is CH6N6O. The van der Waals surface area contributed by atoms with E-state index in [9.17, 15) is 0 Å². The van der Waals surface area contributed by atoms with Crippen LogP contribution < -0.4 is 11.6 Å². The van der Waals surface area contributed by atoms with Crippen LogP contribution in [0, 0.1) is 0 Å². The second-order valence-electron chi connectivity index (χ2n) is 0.982. The maximum absolute atomic E-state index is 5.04. The van der Waals surface area contributed by atoms with Gasteiger partial charge in [-0.25, -0.2) is 0 Å². The minimum Gasteiger partial charge on any atom is -0.412 e. The van der Waals surface area contributed by atoms with Crippen molar-refractivity contribution in [3.63, 3.8) is 0 Å². The fraction of sp³-hybridized carbons (Fsp3) is 0. The molecule has 7 nitrogen and oxygen atoms in total. The Kier molecular flexibility index (Phi) is 1.72. The predicted octanol–water partition coefficient (Wildman–Crippen LogP) is -2.86. The molecule has 0 aromatic carbocycles. The van der Waals surface area contributed by atoms with Crippen LogP contribution in [0.1, 0.15) is 0 Å². The summed E-state index contributed by atoms with van der Waals surface area (Å²) in [6, 6.07) is 0. The van der Waals surface area contributed by atoms with Crippen LogP contribution >= 0.6 is 0 Å². The van der Waals surface area contributed by atoms with Gasteiger partial charge in [0.25, 0.3) is 5.95 Å². The standard InChI is InChI=1S/CH4N6.H2O/c2-1-4-5-6-7(1)3;/h3H2,(H2,2,4,6);1H2. The number of aromatic nitrogens is 4. The molecule has 0 bridgehead atoms. The van der Waals surface area contributed by atoms with Crippen molar-refractivity contribution in [1.82, 2.24) is 20.3 Å². The van der Waals surface area contributed by atoms with Crippen molar-refractivity contribution >= 4 is 5.95 Å². The molecule has 0 saturated heterocycles. The molecule has 1 aromatic rings. The lowest BCUT2D eigenvalue weighted by Gasteiger charge is -1.82. The summed E-state index contributed by atoms with van der Waals surface area (Å²) in [7, 11) is 0. The van der Waals surface area contributed by atoms with E-state index in [1.165, 1.54) is 0 Å². The zero-order chi connectivity index (χ0) is 5.28. The molecule has 0 saturated carbocycles. The first-order valence-electron chi connectivity index (χ1n) is 1.59. The third-order valence-corrected chi connectivity index (χ3v) is 0.518. The quantitative estimate of drug-likeness (QED) is 0.354. The minimum atomic E-state index is 0. The molecule has 0 aliphatic heterocycles. The average Bonchev–Trinajstić information content (AvgIpc) is 1.91. The lowest BCUT2D eigenvalue weighted by molar-refractivity contribution is 0.761. The average molecular weight is 118 g/mol. The number of anilines is 1. The molecule has 0 spiro atoms. The topological polar surface area (TPSA) is 127 Å². The Labute approximate surface area is 44.5 Å². The molecule has 0 fully saturated rings. The van der Waals surface area contributed by atoms with Gasteiger partial charge in [0.15, 0.2) is 0 Å². The van der Waals surface area contributed by atoms with E-state index in [1.807, 2.05) is 0 Å². The smallest absolute Gasteiger partial charge is 0.260 e. The summed E-state index contributed by atoms with van der Waals surface area (Å²) in [5.74, 6) is 5.11. The van der Waals surface area contributed by atoms with Gasteiger partial charge in [-0.05, 0) is 10.4 Å². The minimum absolute atomic E-state index is 0. The van der Waals surface area contributed by atoms with Gasteiger partial charge in [0, 0.05) is 0 Å². The van der Waals surface area contributed by atoms with Crippen molar-refractivity contribution in [2.75, 3.05) is 11.6 Å². The van der Waals surface area contributed by atoms with Gasteiger partial charge in [0.05, 0.1) is 0 Å².